The number of halogens is 1. The number of carboxylic acid groups (broad SMARTS) is 1. The van der Waals surface area contributed by atoms with E-state index >= 15 is 0 Å². The molecule has 2 aliphatic rings. The molecule has 1 aliphatic heterocycles. The molecule has 1 aliphatic carbocycles. The topological polar surface area (TPSA) is 162 Å². The molecule has 3 aromatic rings. The van der Waals surface area contributed by atoms with Gasteiger partial charge in [-0.25, -0.2) is 4.79 Å². The zero-order valence-electron chi connectivity index (χ0n) is 20.8. The Hall–Kier alpha value is -3.99. The lowest BCUT2D eigenvalue weighted by Crippen LogP contribution is -2.38. The minimum absolute atomic E-state index is 0.0112. The van der Waals surface area contributed by atoms with E-state index in [9.17, 15) is 19.6 Å². The molecule has 0 saturated carbocycles. The van der Waals surface area contributed by atoms with E-state index in [1.165, 1.54) is 23.5 Å². The van der Waals surface area contributed by atoms with Crippen LogP contribution in [0, 0.1) is 11.3 Å². The molecule has 40 heavy (non-hydrogen) atoms. The number of Topliss-reactive ketones (excluding diaryl/α,β-unsaturated/α-hetero) is 1. The molecular formula is C27H21BrN6O4S2. The van der Waals surface area contributed by atoms with Crippen molar-refractivity contribution in [2.45, 2.75) is 29.5 Å². The fourth-order valence-corrected chi connectivity index (χ4v) is 6.93. The Morgan fingerprint density at radius 3 is 2.77 bits per heavy atom. The summed E-state index contributed by atoms with van der Waals surface area (Å²) in [6.07, 6.45) is 1.62. The van der Waals surface area contributed by atoms with E-state index in [0.29, 0.717) is 45.7 Å². The Balaban J connectivity index is 1.40. The molecule has 5 rings (SSSR count). The lowest BCUT2D eigenvalue weighted by atomic mass is 9.76. The van der Waals surface area contributed by atoms with Crippen LogP contribution in [-0.4, -0.2) is 38.7 Å². The maximum Gasteiger partial charge on any atom is 0.335 e. The summed E-state index contributed by atoms with van der Waals surface area (Å²) in [6, 6.07) is 15.7. The van der Waals surface area contributed by atoms with Crippen LogP contribution in [0.15, 0.2) is 80.0 Å². The highest BCUT2D eigenvalue weighted by Crippen LogP contribution is 2.48. The predicted octanol–water partition coefficient (Wildman–Crippen LogP) is 5.03. The molecule has 10 nitrogen and oxygen atoms in total. The number of rotatable bonds is 7. The van der Waals surface area contributed by atoms with Crippen LogP contribution in [0.25, 0.3) is 0 Å². The van der Waals surface area contributed by atoms with Crippen molar-refractivity contribution in [2.75, 3.05) is 16.0 Å². The van der Waals surface area contributed by atoms with Crippen LogP contribution in [0.2, 0.25) is 0 Å². The Morgan fingerprint density at radius 2 is 2.02 bits per heavy atom. The molecule has 0 radical (unpaired) electrons. The van der Waals surface area contributed by atoms with Gasteiger partial charge in [-0.2, -0.15) is 5.26 Å². The molecule has 1 unspecified atom stereocenters. The van der Waals surface area contributed by atoms with Gasteiger partial charge in [0.1, 0.15) is 5.82 Å². The van der Waals surface area contributed by atoms with Gasteiger partial charge in [0.2, 0.25) is 11.0 Å². The summed E-state index contributed by atoms with van der Waals surface area (Å²) in [7, 11) is 0. The summed E-state index contributed by atoms with van der Waals surface area (Å²) < 4.78 is 1.27. The second kappa shape index (κ2) is 11.6. The smallest absolute Gasteiger partial charge is 0.335 e. The van der Waals surface area contributed by atoms with E-state index in [-0.39, 0.29) is 34.4 Å². The average Bonchev–Trinajstić information content (AvgIpc) is 3.40. The predicted molar refractivity (Wildman–Crippen MR) is 155 cm³/mol. The summed E-state index contributed by atoms with van der Waals surface area (Å²) >= 11 is 5.92. The Morgan fingerprint density at radius 1 is 1.23 bits per heavy atom. The minimum Gasteiger partial charge on any atom is -0.478 e. The first-order valence-electron chi connectivity index (χ1n) is 12.1. The van der Waals surface area contributed by atoms with Crippen molar-refractivity contribution < 1.29 is 19.5 Å². The van der Waals surface area contributed by atoms with Gasteiger partial charge in [-0.15, -0.1) is 10.2 Å². The van der Waals surface area contributed by atoms with E-state index < -0.39 is 11.9 Å². The number of anilines is 2. The second-order valence-electron chi connectivity index (χ2n) is 8.91. The van der Waals surface area contributed by atoms with Crippen molar-refractivity contribution in [1.29, 1.82) is 5.26 Å². The van der Waals surface area contributed by atoms with Gasteiger partial charge in [-0.3, -0.25) is 14.5 Å². The van der Waals surface area contributed by atoms with Gasteiger partial charge in [-0.05, 0) is 42.7 Å². The monoisotopic (exact) mass is 636 g/mol. The van der Waals surface area contributed by atoms with Crippen LogP contribution in [0.1, 0.15) is 41.1 Å². The van der Waals surface area contributed by atoms with Crippen molar-refractivity contribution in [3.05, 3.63) is 86.8 Å². The Bertz CT molecular complexity index is 1640. The number of nitrogens with two attached hydrogens (primary N) is 1. The molecular weight excluding hydrogens is 616 g/mol. The average molecular weight is 638 g/mol. The number of amides is 1. The third-order valence-corrected chi connectivity index (χ3v) is 9.20. The number of aromatic carboxylic acids is 1. The van der Waals surface area contributed by atoms with Crippen molar-refractivity contribution in [3.63, 3.8) is 0 Å². The van der Waals surface area contributed by atoms with Crippen LogP contribution in [0.4, 0.5) is 10.8 Å². The summed E-state index contributed by atoms with van der Waals surface area (Å²) in [5.74, 6) is -1.84. The number of aromatic nitrogens is 2. The number of nitriles is 1. The fraction of sp³-hybridized carbons (Fsp3) is 0.185. The third-order valence-electron chi connectivity index (χ3n) is 6.44. The molecule has 13 heteroatoms. The van der Waals surface area contributed by atoms with Gasteiger partial charge in [0, 0.05) is 27.9 Å². The van der Waals surface area contributed by atoms with E-state index in [0.717, 1.165) is 21.8 Å². The van der Waals surface area contributed by atoms with E-state index in [1.54, 1.807) is 17.0 Å². The number of ketones is 1. The van der Waals surface area contributed by atoms with Crippen molar-refractivity contribution in [1.82, 2.24) is 10.2 Å². The van der Waals surface area contributed by atoms with E-state index in [1.807, 2.05) is 24.3 Å². The molecule has 1 amide bonds. The number of carboxylic acids is 1. The number of benzene rings is 2. The number of nitrogens with zero attached hydrogens (tertiary/aromatic N) is 4. The standard InChI is InChI=1S/C27H21BrN6O4S2/c28-18-8-2-1-7-16(18)22-17(12-29)24(30)34(19-9-4-10-20(35)23(19)22)26-32-33-27(40-26)39-13-21(36)31-15-6-3-5-14(11-15)25(37)38/h1-3,5-8,11,22H,4,9-10,13,30H2,(H,31,36)(H,37,38). The molecule has 0 spiro atoms. The molecule has 0 bridgehead atoms. The first-order chi connectivity index (χ1) is 19.3. The van der Waals surface area contributed by atoms with Gasteiger partial charge < -0.3 is 16.2 Å². The van der Waals surface area contributed by atoms with Crippen LogP contribution in [0.5, 0.6) is 0 Å². The third kappa shape index (κ3) is 5.38. The number of hydrogen-bond acceptors (Lipinski definition) is 10. The van der Waals surface area contributed by atoms with Crippen LogP contribution >= 0.6 is 39.0 Å². The first kappa shape index (κ1) is 27.6. The molecule has 1 atom stereocenters. The molecule has 202 valence electrons. The highest BCUT2D eigenvalue weighted by atomic mass is 79.9. The largest absolute Gasteiger partial charge is 0.478 e. The number of hydrogen-bond donors (Lipinski definition) is 3. The Kier molecular flexibility index (Phi) is 8.02. The van der Waals surface area contributed by atoms with Crippen molar-refractivity contribution in [3.8, 4) is 6.07 Å². The number of carbonyl (C=O) groups excluding carboxylic acids is 2. The van der Waals surface area contributed by atoms with E-state index in [2.05, 4.69) is 37.5 Å². The molecule has 1 aromatic heterocycles. The number of carbonyl (C=O) groups is 3. The number of nitrogens with one attached hydrogen (secondary N) is 1. The number of thioether (sulfide) groups is 1. The van der Waals surface area contributed by atoms with Gasteiger partial charge in [0.05, 0.1) is 28.9 Å². The zero-order chi connectivity index (χ0) is 28.4. The van der Waals surface area contributed by atoms with E-state index in [4.69, 9.17) is 10.8 Å². The summed E-state index contributed by atoms with van der Waals surface area (Å²) in [5, 5.41) is 30.9. The van der Waals surface area contributed by atoms with Crippen LogP contribution in [0.3, 0.4) is 0 Å². The van der Waals surface area contributed by atoms with Gasteiger partial charge in [0.25, 0.3) is 0 Å². The van der Waals surface area contributed by atoms with Crippen molar-refractivity contribution >= 4 is 67.5 Å². The molecule has 4 N–H and O–H groups in total. The van der Waals surface area contributed by atoms with Crippen LogP contribution in [-0.2, 0) is 9.59 Å². The molecule has 0 saturated heterocycles. The van der Waals surface area contributed by atoms with Gasteiger partial charge >= 0.3 is 5.97 Å². The quantitative estimate of drug-likeness (QED) is 0.300. The fourth-order valence-electron chi connectivity index (χ4n) is 4.73. The normalized spacial score (nSPS) is 16.9. The second-order valence-corrected chi connectivity index (χ2v) is 11.9. The highest BCUT2D eigenvalue weighted by Gasteiger charge is 2.41. The SMILES string of the molecule is N#CC1=C(N)N(c2nnc(SCC(=O)Nc3cccc(C(=O)O)c3)s2)C2=C(C(=O)CCC2)C1c1ccccc1Br. The maximum absolute atomic E-state index is 13.3. The summed E-state index contributed by atoms with van der Waals surface area (Å²) in [6.45, 7) is 0. The lowest BCUT2D eigenvalue weighted by molar-refractivity contribution is -0.116. The maximum atomic E-state index is 13.3. The summed E-state index contributed by atoms with van der Waals surface area (Å²) in [4.78, 5) is 38.6. The minimum atomic E-state index is -1.09. The first-order valence-corrected chi connectivity index (χ1v) is 14.7. The Labute approximate surface area is 245 Å². The lowest BCUT2D eigenvalue weighted by Gasteiger charge is -2.38. The molecule has 2 heterocycles. The molecule has 0 fully saturated rings. The highest BCUT2D eigenvalue weighted by molar-refractivity contribution is 9.10. The zero-order valence-corrected chi connectivity index (χ0v) is 24.0. The number of allylic oxidation sites excluding steroid dienone is 3. The van der Waals surface area contributed by atoms with Gasteiger partial charge in [0.15, 0.2) is 10.1 Å². The molecule has 2 aromatic carbocycles. The van der Waals surface area contributed by atoms with Crippen LogP contribution < -0.4 is 16.0 Å². The van der Waals surface area contributed by atoms with Crippen molar-refractivity contribution in [2.24, 2.45) is 5.73 Å². The van der Waals surface area contributed by atoms with Gasteiger partial charge in [-0.1, -0.05) is 63.3 Å². The summed E-state index contributed by atoms with van der Waals surface area (Å²) in [5.41, 5.74) is 9.33.